The molecule has 0 bridgehead atoms. The van der Waals surface area contributed by atoms with E-state index in [0.717, 1.165) is 38.5 Å². The van der Waals surface area contributed by atoms with Crippen molar-refractivity contribution in [1.29, 1.82) is 0 Å². The minimum atomic E-state index is 0.0524. The second-order valence-electron chi connectivity index (χ2n) is 6.65. The molecule has 0 aromatic heterocycles. The van der Waals surface area contributed by atoms with Crippen molar-refractivity contribution in [2.24, 2.45) is 5.18 Å². The lowest BCUT2D eigenvalue weighted by atomic mass is 10.0. The topological polar surface area (TPSA) is 58.5 Å². The molecule has 0 aromatic rings. The van der Waals surface area contributed by atoms with E-state index in [1.807, 2.05) is 0 Å². The first-order valence-corrected chi connectivity index (χ1v) is 9.77. The first kappa shape index (κ1) is 22.1. The Kier molecular flexibility index (Phi) is 16.7. The van der Waals surface area contributed by atoms with Crippen LogP contribution in [0.4, 0.5) is 0 Å². The molecule has 1 N–H and O–H groups in total. The lowest BCUT2D eigenvalue weighted by Crippen LogP contribution is -2.16. The average molecular weight is 327 g/mol. The van der Waals surface area contributed by atoms with E-state index < -0.39 is 0 Å². The fourth-order valence-corrected chi connectivity index (χ4v) is 2.91. The summed E-state index contributed by atoms with van der Waals surface area (Å²) >= 11 is 0. The number of carbonyl (C=O) groups excluding carboxylic acids is 1. The molecule has 0 aliphatic heterocycles. The van der Waals surface area contributed by atoms with E-state index in [1.165, 1.54) is 51.4 Å². The van der Waals surface area contributed by atoms with Crippen molar-refractivity contribution in [3.63, 3.8) is 0 Å². The van der Waals surface area contributed by atoms with Gasteiger partial charge in [0.15, 0.2) is 0 Å². The first-order chi connectivity index (χ1) is 11.2. The molecule has 1 amide bonds. The van der Waals surface area contributed by atoms with Crippen LogP contribution >= 0.6 is 0 Å². The maximum atomic E-state index is 11.1. The van der Waals surface area contributed by atoms with Gasteiger partial charge in [0.1, 0.15) is 0 Å². The van der Waals surface area contributed by atoms with Crippen LogP contribution in [-0.2, 0) is 4.79 Å². The third-order valence-corrected chi connectivity index (χ3v) is 4.51. The highest BCUT2D eigenvalue weighted by molar-refractivity contribution is 5.75. The van der Waals surface area contributed by atoms with Gasteiger partial charge in [0.25, 0.3) is 0 Å². The molecule has 0 saturated heterocycles. The number of nitrogens with zero attached hydrogens (tertiary/aromatic N) is 1. The zero-order valence-corrected chi connectivity index (χ0v) is 15.4. The molecule has 0 aliphatic carbocycles. The van der Waals surface area contributed by atoms with Gasteiger partial charge in [-0.05, 0) is 19.3 Å². The van der Waals surface area contributed by atoms with Crippen LogP contribution < -0.4 is 5.32 Å². The summed E-state index contributed by atoms with van der Waals surface area (Å²) in [5.74, 6) is 0.151. The Bertz CT molecular complexity index is 283. The fraction of sp³-hybridized carbons (Fsp3) is 0.947. The third-order valence-electron chi connectivity index (χ3n) is 4.51. The van der Waals surface area contributed by atoms with Gasteiger partial charge in [-0.15, -0.1) is 0 Å². The Balaban J connectivity index is 3.30. The fourth-order valence-electron chi connectivity index (χ4n) is 2.91. The van der Waals surface area contributed by atoms with Crippen LogP contribution in [-0.4, -0.2) is 19.0 Å². The maximum absolute atomic E-state index is 11.1. The van der Waals surface area contributed by atoms with E-state index in [1.54, 1.807) is 7.05 Å². The summed E-state index contributed by atoms with van der Waals surface area (Å²) in [6.45, 7) is 2.21. The number of nitrogens with one attached hydrogen (secondary N) is 1. The highest BCUT2D eigenvalue weighted by Gasteiger charge is 2.07. The predicted octanol–water partition coefficient (Wildman–Crippen LogP) is 5.74. The molecule has 4 nitrogen and oxygen atoms in total. The minimum absolute atomic E-state index is 0.0524. The van der Waals surface area contributed by atoms with E-state index in [9.17, 15) is 9.70 Å². The van der Waals surface area contributed by atoms with Gasteiger partial charge in [0.2, 0.25) is 5.91 Å². The molecule has 0 saturated carbocycles. The van der Waals surface area contributed by atoms with Crippen molar-refractivity contribution < 1.29 is 4.79 Å². The lowest BCUT2D eigenvalue weighted by Gasteiger charge is -2.08. The molecule has 0 fully saturated rings. The Morgan fingerprint density at radius 3 is 1.78 bits per heavy atom. The molecular weight excluding hydrogens is 288 g/mol. The molecule has 0 unspecified atom stereocenters. The number of carbonyl (C=O) groups is 1. The summed E-state index contributed by atoms with van der Waals surface area (Å²) in [5, 5.41) is 5.95. The summed E-state index contributed by atoms with van der Waals surface area (Å²) in [6.07, 6.45) is 17.1. The van der Waals surface area contributed by atoms with Gasteiger partial charge in [-0.3, -0.25) is 4.79 Å². The second kappa shape index (κ2) is 17.4. The van der Waals surface area contributed by atoms with Crippen molar-refractivity contribution in [3.05, 3.63) is 4.91 Å². The van der Waals surface area contributed by atoms with Gasteiger partial charge in [-0.1, -0.05) is 82.7 Å². The second-order valence-corrected chi connectivity index (χ2v) is 6.65. The van der Waals surface area contributed by atoms with Crippen molar-refractivity contribution in [1.82, 2.24) is 5.32 Å². The highest BCUT2D eigenvalue weighted by Crippen LogP contribution is 2.16. The number of unbranched alkanes of at least 4 members (excludes halogenated alkanes) is 10. The summed E-state index contributed by atoms with van der Waals surface area (Å²) < 4.78 is 0. The molecule has 0 spiro atoms. The standard InChI is InChI=1S/C19H38N2O2/c1-3-4-5-12-15-18(21-23)16-13-10-8-6-7-9-11-14-17-19(22)20-2/h18H,3-17H2,1-2H3,(H,20,22)/t18-/m0/s1. The quantitative estimate of drug-likeness (QED) is 0.274. The molecule has 0 aromatic carbocycles. The first-order valence-electron chi connectivity index (χ1n) is 9.77. The average Bonchev–Trinajstić information content (AvgIpc) is 2.57. The normalized spacial score (nSPS) is 12.1. The minimum Gasteiger partial charge on any atom is -0.359 e. The monoisotopic (exact) mass is 326 g/mol. The molecule has 0 aliphatic rings. The van der Waals surface area contributed by atoms with Crippen LogP contribution in [0.3, 0.4) is 0 Å². The Hall–Kier alpha value is -0.930. The molecule has 0 heterocycles. The summed E-state index contributed by atoms with van der Waals surface area (Å²) in [5.41, 5.74) is 0. The molecule has 4 heteroatoms. The van der Waals surface area contributed by atoms with Gasteiger partial charge in [-0.25, -0.2) is 0 Å². The van der Waals surface area contributed by atoms with Gasteiger partial charge in [0, 0.05) is 13.5 Å². The zero-order valence-electron chi connectivity index (χ0n) is 15.4. The molecule has 1 atom stereocenters. The number of nitroso groups, excluding NO2 is 1. The van der Waals surface area contributed by atoms with Crippen molar-refractivity contribution in [2.75, 3.05) is 7.05 Å². The number of amides is 1. The molecule has 0 radical (unpaired) electrons. The van der Waals surface area contributed by atoms with Crippen molar-refractivity contribution in [2.45, 2.75) is 109 Å². The Morgan fingerprint density at radius 2 is 1.30 bits per heavy atom. The van der Waals surface area contributed by atoms with Crippen molar-refractivity contribution >= 4 is 5.91 Å². The number of hydrogen-bond donors (Lipinski definition) is 1. The predicted molar refractivity (Wildman–Crippen MR) is 98.6 cm³/mol. The molecule has 0 rings (SSSR count). The largest absolute Gasteiger partial charge is 0.359 e. The van der Waals surface area contributed by atoms with Gasteiger partial charge in [-0.2, -0.15) is 4.91 Å². The smallest absolute Gasteiger partial charge is 0.219 e. The van der Waals surface area contributed by atoms with E-state index in [0.29, 0.717) is 6.42 Å². The SMILES string of the molecule is CCCCCC[C@@H](CCCCCCCCCCC(=O)NC)N=O. The number of rotatable bonds is 17. The third kappa shape index (κ3) is 15.7. The van der Waals surface area contributed by atoms with Crippen LogP contribution in [0.5, 0.6) is 0 Å². The molecule has 23 heavy (non-hydrogen) atoms. The Morgan fingerprint density at radius 1 is 0.826 bits per heavy atom. The van der Waals surface area contributed by atoms with E-state index >= 15 is 0 Å². The van der Waals surface area contributed by atoms with Crippen LogP contribution in [0.25, 0.3) is 0 Å². The summed E-state index contributed by atoms with van der Waals surface area (Å²) in [7, 11) is 1.69. The lowest BCUT2D eigenvalue weighted by molar-refractivity contribution is -0.120. The van der Waals surface area contributed by atoms with Crippen LogP contribution in [0, 0.1) is 4.91 Å². The molecule has 136 valence electrons. The van der Waals surface area contributed by atoms with E-state index in [-0.39, 0.29) is 11.9 Å². The van der Waals surface area contributed by atoms with E-state index in [2.05, 4.69) is 17.4 Å². The Labute approximate surface area is 143 Å². The van der Waals surface area contributed by atoms with Crippen molar-refractivity contribution in [3.8, 4) is 0 Å². The van der Waals surface area contributed by atoms with Gasteiger partial charge in [0.05, 0.1) is 6.04 Å². The van der Waals surface area contributed by atoms with Crippen LogP contribution in [0.15, 0.2) is 5.18 Å². The zero-order chi connectivity index (χ0) is 17.2. The summed E-state index contributed by atoms with van der Waals surface area (Å²) in [6, 6.07) is 0.0524. The van der Waals surface area contributed by atoms with Crippen LogP contribution in [0.2, 0.25) is 0 Å². The van der Waals surface area contributed by atoms with Gasteiger partial charge < -0.3 is 5.32 Å². The highest BCUT2D eigenvalue weighted by atomic mass is 16.3. The van der Waals surface area contributed by atoms with E-state index in [4.69, 9.17) is 0 Å². The maximum Gasteiger partial charge on any atom is 0.219 e. The molecular formula is C19H38N2O2. The van der Waals surface area contributed by atoms with Gasteiger partial charge >= 0.3 is 0 Å². The number of hydrogen-bond acceptors (Lipinski definition) is 3. The van der Waals surface area contributed by atoms with Crippen LogP contribution in [0.1, 0.15) is 103 Å². The summed E-state index contributed by atoms with van der Waals surface area (Å²) in [4.78, 5) is 21.9.